The van der Waals surface area contributed by atoms with Crippen LogP contribution in [0.1, 0.15) is 23.5 Å². The first-order valence-electron chi connectivity index (χ1n) is 10.2. The van der Waals surface area contributed by atoms with Gasteiger partial charge in [-0.15, -0.1) is 0 Å². The van der Waals surface area contributed by atoms with Crippen molar-refractivity contribution in [3.63, 3.8) is 0 Å². The first-order valence-corrected chi connectivity index (χ1v) is 11.0. The molecule has 0 unspecified atom stereocenters. The zero-order valence-corrected chi connectivity index (χ0v) is 18.9. The van der Waals surface area contributed by atoms with E-state index in [1.165, 1.54) is 0 Å². The van der Waals surface area contributed by atoms with E-state index in [1.54, 1.807) is 13.3 Å². The average Bonchev–Trinajstić information content (AvgIpc) is 3.44. The van der Waals surface area contributed by atoms with Crippen LogP contribution in [-0.2, 0) is 0 Å². The molecule has 0 amide bonds. The second-order valence-electron chi connectivity index (χ2n) is 7.45. The van der Waals surface area contributed by atoms with Crippen LogP contribution >= 0.6 is 23.8 Å². The number of nitrogens with zero attached hydrogens (tertiary/aromatic N) is 3. The van der Waals surface area contributed by atoms with E-state index in [0.29, 0.717) is 15.9 Å². The number of hydrogen-bond donors (Lipinski definition) is 1. The van der Waals surface area contributed by atoms with Crippen LogP contribution in [0.5, 0.6) is 5.75 Å². The largest absolute Gasteiger partial charge is 0.495 e. The SMILES string of the molecule is COc1ccc(N2C(=S)N[C@H](c3ccccn3)[C@@H]2c2cccn2-c2ccccc2)cc1Cl. The van der Waals surface area contributed by atoms with Gasteiger partial charge in [0.2, 0.25) is 0 Å². The van der Waals surface area contributed by atoms with Gasteiger partial charge in [0.05, 0.1) is 23.9 Å². The Hall–Kier alpha value is -3.35. The number of benzene rings is 2. The molecule has 160 valence electrons. The summed E-state index contributed by atoms with van der Waals surface area (Å²) in [7, 11) is 1.61. The number of halogens is 1. The zero-order chi connectivity index (χ0) is 22.1. The monoisotopic (exact) mass is 460 g/mol. The number of thiocarbonyl (C=S) groups is 1. The molecule has 0 bridgehead atoms. The topological polar surface area (TPSA) is 42.3 Å². The van der Waals surface area contributed by atoms with E-state index in [9.17, 15) is 0 Å². The molecule has 7 heteroatoms. The molecule has 2 aromatic heterocycles. The van der Waals surface area contributed by atoms with Crippen molar-refractivity contribution in [2.45, 2.75) is 12.1 Å². The molecule has 1 fully saturated rings. The fourth-order valence-electron chi connectivity index (χ4n) is 4.20. The maximum Gasteiger partial charge on any atom is 0.174 e. The number of para-hydroxylation sites is 1. The van der Waals surface area contributed by atoms with Gasteiger partial charge in [-0.1, -0.05) is 35.9 Å². The number of methoxy groups -OCH3 is 1. The minimum absolute atomic E-state index is 0.137. The molecule has 2 aromatic carbocycles. The molecule has 0 radical (unpaired) electrons. The molecule has 3 heterocycles. The van der Waals surface area contributed by atoms with Gasteiger partial charge in [0.15, 0.2) is 5.11 Å². The lowest BCUT2D eigenvalue weighted by Gasteiger charge is -2.29. The molecule has 1 aliphatic heterocycles. The number of pyridine rings is 1. The molecule has 1 N–H and O–H groups in total. The van der Waals surface area contributed by atoms with Crippen LogP contribution in [0.2, 0.25) is 5.02 Å². The maximum absolute atomic E-state index is 6.48. The predicted molar refractivity (Wildman–Crippen MR) is 132 cm³/mol. The van der Waals surface area contributed by atoms with Crippen molar-refractivity contribution < 1.29 is 4.74 Å². The van der Waals surface area contributed by atoms with Crippen molar-refractivity contribution in [1.82, 2.24) is 14.9 Å². The third-order valence-electron chi connectivity index (χ3n) is 5.63. The van der Waals surface area contributed by atoms with Gasteiger partial charge in [-0.2, -0.15) is 0 Å². The summed E-state index contributed by atoms with van der Waals surface area (Å²) < 4.78 is 7.53. The molecule has 2 atom stereocenters. The van der Waals surface area contributed by atoms with Crippen LogP contribution in [0.25, 0.3) is 5.69 Å². The maximum atomic E-state index is 6.48. The van der Waals surface area contributed by atoms with E-state index in [1.807, 2.05) is 54.6 Å². The highest BCUT2D eigenvalue weighted by atomic mass is 35.5. The fraction of sp³-hybridized carbons (Fsp3) is 0.120. The van der Waals surface area contributed by atoms with E-state index in [4.69, 9.17) is 28.6 Å². The van der Waals surface area contributed by atoms with E-state index >= 15 is 0 Å². The second kappa shape index (κ2) is 8.65. The molecular formula is C25H21ClN4OS. The Bertz CT molecular complexity index is 1250. The summed E-state index contributed by atoms with van der Waals surface area (Å²) in [5.41, 5.74) is 3.98. The Balaban J connectivity index is 1.66. The summed E-state index contributed by atoms with van der Waals surface area (Å²) in [4.78, 5) is 6.73. The summed E-state index contributed by atoms with van der Waals surface area (Å²) in [6, 6.07) is 25.8. The molecule has 0 aliphatic carbocycles. The smallest absolute Gasteiger partial charge is 0.174 e. The predicted octanol–water partition coefficient (Wildman–Crippen LogP) is 5.71. The number of hydrogen-bond acceptors (Lipinski definition) is 3. The molecule has 4 aromatic rings. The third kappa shape index (κ3) is 3.61. The van der Waals surface area contributed by atoms with Gasteiger partial charge in [0, 0.05) is 29.5 Å². The molecule has 32 heavy (non-hydrogen) atoms. The van der Waals surface area contributed by atoms with Gasteiger partial charge in [-0.05, 0) is 66.8 Å². The average molecular weight is 461 g/mol. The number of anilines is 1. The molecule has 1 saturated heterocycles. The quantitative estimate of drug-likeness (QED) is 0.386. The van der Waals surface area contributed by atoms with Crippen molar-refractivity contribution >= 4 is 34.6 Å². The van der Waals surface area contributed by atoms with Crippen molar-refractivity contribution in [3.8, 4) is 11.4 Å². The van der Waals surface area contributed by atoms with Gasteiger partial charge >= 0.3 is 0 Å². The lowest BCUT2D eigenvalue weighted by atomic mass is 10.0. The number of aromatic nitrogens is 2. The van der Waals surface area contributed by atoms with E-state index in [0.717, 1.165) is 22.8 Å². The summed E-state index contributed by atoms with van der Waals surface area (Å²) in [6.45, 7) is 0. The summed E-state index contributed by atoms with van der Waals surface area (Å²) in [5.74, 6) is 0.624. The Kier molecular flexibility index (Phi) is 5.55. The van der Waals surface area contributed by atoms with Crippen LogP contribution in [0.15, 0.2) is 91.3 Å². The van der Waals surface area contributed by atoms with Crippen LogP contribution < -0.4 is 15.0 Å². The highest BCUT2D eigenvalue weighted by Gasteiger charge is 2.42. The standard InChI is InChI=1S/C25H21ClN4OS/c1-31-22-13-12-18(16-19(22)26)30-24(23(28-25(30)32)20-10-5-6-14-27-20)21-11-7-15-29(21)17-8-3-2-4-9-17/h2-16,23-24H,1H3,(H,28,32)/t23-,24+/m1/s1. The van der Waals surface area contributed by atoms with Gasteiger partial charge < -0.3 is 19.5 Å². The Morgan fingerprint density at radius 3 is 2.50 bits per heavy atom. The lowest BCUT2D eigenvalue weighted by Crippen LogP contribution is -2.30. The summed E-state index contributed by atoms with van der Waals surface area (Å²) in [6.07, 6.45) is 3.88. The van der Waals surface area contributed by atoms with E-state index < -0.39 is 0 Å². The third-order valence-corrected chi connectivity index (χ3v) is 6.24. The molecule has 5 nitrogen and oxygen atoms in total. The molecule has 5 rings (SSSR count). The minimum Gasteiger partial charge on any atom is -0.495 e. The Morgan fingerprint density at radius 1 is 0.969 bits per heavy atom. The normalized spacial score (nSPS) is 17.9. The Morgan fingerprint density at radius 2 is 1.78 bits per heavy atom. The zero-order valence-electron chi connectivity index (χ0n) is 17.4. The van der Waals surface area contributed by atoms with Crippen LogP contribution in [-0.4, -0.2) is 21.8 Å². The number of nitrogens with one attached hydrogen (secondary N) is 1. The minimum atomic E-state index is -0.142. The van der Waals surface area contributed by atoms with Crippen LogP contribution in [0.4, 0.5) is 5.69 Å². The number of ether oxygens (including phenoxy) is 1. The van der Waals surface area contributed by atoms with Crippen molar-refractivity contribution in [2.75, 3.05) is 12.0 Å². The van der Waals surface area contributed by atoms with Gasteiger partial charge in [-0.25, -0.2) is 0 Å². The molecule has 0 saturated carbocycles. The van der Waals surface area contributed by atoms with E-state index in [2.05, 4.69) is 50.2 Å². The van der Waals surface area contributed by atoms with Crippen LogP contribution in [0.3, 0.4) is 0 Å². The van der Waals surface area contributed by atoms with Crippen molar-refractivity contribution in [2.24, 2.45) is 0 Å². The molecule has 0 spiro atoms. The summed E-state index contributed by atoms with van der Waals surface area (Å²) in [5, 5.41) is 4.64. The number of rotatable bonds is 5. The second-order valence-corrected chi connectivity index (χ2v) is 8.25. The lowest BCUT2D eigenvalue weighted by molar-refractivity contribution is 0.415. The van der Waals surface area contributed by atoms with E-state index in [-0.39, 0.29) is 12.1 Å². The highest BCUT2D eigenvalue weighted by Crippen LogP contribution is 2.43. The van der Waals surface area contributed by atoms with Crippen molar-refractivity contribution in [3.05, 3.63) is 108 Å². The first-order chi connectivity index (χ1) is 15.7. The van der Waals surface area contributed by atoms with Crippen molar-refractivity contribution in [1.29, 1.82) is 0 Å². The molecular weight excluding hydrogens is 440 g/mol. The highest BCUT2D eigenvalue weighted by molar-refractivity contribution is 7.80. The summed E-state index contributed by atoms with van der Waals surface area (Å²) >= 11 is 12.3. The van der Waals surface area contributed by atoms with Gasteiger partial charge in [0.1, 0.15) is 11.8 Å². The molecule has 1 aliphatic rings. The fourth-order valence-corrected chi connectivity index (χ4v) is 4.80. The van der Waals surface area contributed by atoms with Gasteiger partial charge in [0.25, 0.3) is 0 Å². The first kappa shape index (κ1) is 20.5. The van der Waals surface area contributed by atoms with Crippen LogP contribution in [0, 0.1) is 0 Å². The Labute approximate surface area is 197 Å². The van der Waals surface area contributed by atoms with Gasteiger partial charge in [-0.3, -0.25) is 4.98 Å².